The lowest BCUT2D eigenvalue weighted by atomic mass is 10.2. The number of nitrogens with zero attached hydrogens (tertiary/aromatic N) is 1. The highest BCUT2D eigenvalue weighted by atomic mass is 79.9. The molecule has 1 aromatic heterocycles. The maximum absolute atomic E-state index is 3.53. The van der Waals surface area contributed by atoms with E-state index in [2.05, 4.69) is 70.2 Å². The Labute approximate surface area is 104 Å². The molecule has 0 spiro atoms. The third-order valence-electron chi connectivity index (χ3n) is 2.78. The lowest BCUT2D eigenvalue weighted by Crippen LogP contribution is -2.05. The summed E-state index contributed by atoms with van der Waals surface area (Å²) in [6, 6.07) is 10.4. The van der Waals surface area contributed by atoms with E-state index in [1.165, 1.54) is 16.9 Å². The van der Waals surface area contributed by atoms with Crippen molar-refractivity contribution in [2.45, 2.75) is 13.5 Å². The Balaban J connectivity index is 2.11. The van der Waals surface area contributed by atoms with E-state index in [1.807, 2.05) is 6.07 Å². The van der Waals surface area contributed by atoms with Crippen LogP contribution in [0.4, 0.5) is 5.69 Å². The minimum Gasteiger partial charge on any atom is -0.379 e. The van der Waals surface area contributed by atoms with Crippen LogP contribution in [-0.2, 0) is 13.6 Å². The highest BCUT2D eigenvalue weighted by Gasteiger charge is 2.02. The number of aryl methyl sites for hydroxylation is 1. The third-order valence-corrected chi connectivity index (χ3v) is 3.64. The van der Waals surface area contributed by atoms with Gasteiger partial charge in [-0.05, 0) is 36.8 Å². The zero-order chi connectivity index (χ0) is 11.5. The minimum atomic E-state index is 0.848. The summed E-state index contributed by atoms with van der Waals surface area (Å²) in [7, 11) is 2.06. The molecule has 0 atom stereocenters. The predicted octanol–water partition coefficient (Wildman–Crippen LogP) is 3.71. The third kappa shape index (κ3) is 2.30. The largest absolute Gasteiger partial charge is 0.379 e. The van der Waals surface area contributed by atoms with Gasteiger partial charge in [-0.1, -0.05) is 22.0 Å². The van der Waals surface area contributed by atoms with Crippen LogP contribution in [0, 0.1) is 6.92 Å². The van der Waals surface area contributed by atoms with Crippen LogP contribution in [0.15, 0.2) is 41.0 Å². The lowest BCUT2D eigenvalue weighted by molar-refractivity contribution is 0.842. The first-order chi connectivity index (χ1) is 7.68. The van der Waals surface area contributed by atoms with Crippen LogP contribution in [0.5, 0.6) is 0 Å². The molecule has 2 nitrogen and oxygen atoms in total. The van der Waals surface area contributed by atoms with E-state index < -0.39 is 0 Å². The van der Waals surface area contributed by atoms with Crippen LogP contribution in [0.1, 0.15) is 11.3 Å². The van der Waals surface area contributed by atoms with Crippen LogP contribution in [0.25, 0.3) is 0 Å². The van der Waals surface area contributed by atoms with Crippen LogP contribution in [-0.4, -0.2) is 4.57 Å². The van der Waals surface area contributed by atoms with Crippen LogP contribution >= 0.6 is 15.9 Å². The van der Waals surface area contributed by atoms with E-state index >= 15 is 0 Å². The fraction of sp³-hybridized carbons (Fsp3) is 0.231. The van der Waals surface area contributed by atoms with Crippen molar-refractivity contribution in [3.63, 3.8) is 0 Å². The van der Waals surface area contributed by atoms with Crippen molar-refractivity contribution >= 4 is 21.6 Å². The van der Waals surface area contributed by atoms with Gasteiger partial charge in [0.05, 0.1) is 6.54 Å². The molecule has 2 aromatic rings. The van der Waals surface area contributed by atoms with Gasteiger partial charge in [0.15, 0.2) is 0 Å². The fourth-order valence-corrected chi connectivity index (χ4v) is 2.03. The molecule has 0 aliphatic carbocycles. The maximum atomic E-state index is 3.53. The zero-order valence-electron chi connectivity index (χ0n) is 9.50. The molecule has 0 aliphatic heterocycles. The molecule has 2 rings (SSSR count). The summed E-state index contributed by atoms with van der Waals surface area (Å²) in [5.41, 5.74) is 3.70. The van der Waals surface area contributed by atoms with Gasteiger partial charge in [0.1, 0.15) is 0 Å². The van der Waals surface area contributed by atoms with Crippen LogP contribution < -0.4 is 5.32 Å². The molecule has 0 radical (unpaired) electrons. The number of hydrogen-bond donors (Lipinski definition) is 1. The zero-order valence-corrected chi connectivity index (χ0v) is 11.1. The molecule has 0 fully saturated rings. The SMILES string of the molecule is Cc1c(Br)cccc1NCc1cccn1C. The topological polar surface area (TPSA) is 17.0 Å². The van der Waals surface area contributed by atoms with Gasteiger partial charge in [-0.3, -0.25) is 0 Å². The number of hydrogen-bond acceptors (Lipinski definition) is 1. The summed E-state index contributed by atoms with van der Waals surface area (Å²) in [5.74, 6) is 0. The summed E-state index contributed by atoms with van der Waals surface area (Å²) in [4.78, 5) is 0. The normalized spacial score (nSPS) is 10.4. The summed E-state index contributed by atoms with van der Waals surface area (Å²) in [5, 5.41) is 3.45. The van der Waals surface area contributed by atoms with Crippen molar-refractivity contribution in [1.29, 1.82) is 0 Å². The Bertz CT molecular complexity index is 488. The van der Waals surface area contributed by atoms with Gasteiger partial charge in [0.25, 0.3) is 0 Å². The fourth-order valence-electron chi connectivity index (χ4n) is 1.66. The second kappa shape index (κ2) is 4.74. The van der Waals surface area contributed by atoms with Crippen LogP contribution in [0.3, 0.4) is 0 Å². The molecule has 1 aromatic carbocycles. The molecular weight excluding hydrogens is 264 g/mol. The van der Waals surface area contributed by atoms with Gasteiger partial charge in [-0.15, -0.1) is 0 Å². The standard InChI is InChI=1S/C13H15BrN2/c1-10-12(14)6-3-7-13(10)15-9-11-5-4-8-16(11)2/h3-8,15H,9H2,1-2H3. The Morgan fingerprint density at radius 3 is 2.75 bits per heavy atom. The first-order valence-corrected chi connectivity index (χ1v) is 6.07. The Morgan fingerprint density at radius 1 is 1.25 bits per heavy atom. The monoisotopic (exact) mass is 278 g/mol. The second-order valence-electron chi connectivity index (χ2n) is 3.88. The molecule has 0 bridgehead atoms. The average molecular weight is 279 g/mol. The number of aromatic nitrogens is 1. The van der Waals surface area contributed by atoms with E-state index in [-0.39, 0.29) is 0 Å². The van der Waals surface area contributed by atoms with E-state index in [0.29, 0.717) is 0 Å². The van der Waals surface area contributed by atoms with Crippen molar-refractivity contribution in [1.82, 2.24) is 4.57 Å². The molecule has 0 unspecified atom stereocenters. The van der Waals surface area contributed by atoms with Crippen LogP contribution in [0.2, 0.25) is 0 Å². The second-order valence-corrected chi connectivity index (χ2v) is 4.73. The summed E-state index contributed by atoms with van der Waals surface area (Å²) in [6.07, 6.45) is 2.06. The maximum Gasteiger partial charge on any atom is 0.0553 e. The molecule has 1 heterocycles. The lowest BCUT2D eigenvalue weighted by Gasteiger charge is -2.11. The smallest absolute Gasteiger partial charge is 0.0553 e. The molecule has 84 valence electrons. The number of halogens is 1. The summed E-state index contributed by atoms with van der Waals surface area (Å²) in [6.45, 7) is 2.96. The van der Waals surface area contributed by atoms with Crippen molar-refractivity contribution in [3.8, 4) is 0 Å². The van der Waals surface area contributed by atoms with Crippen molar-refractivity contribution in [2.75, 3.05) is 5.32 Å². The van der Waals surface area contributed by atoms with E-state index in [9.17, 15) is 0 Å². The molecule has 1 N–H and O–H groups in total. The van der Waals surface area contributed by atoms with Crippen molar-refractivity contribution in [3.05, 3.63) is 52.3 Å². The quantitative estimate of drug-likeness (QED) is 0.906. The van der Waals surface area contributed by atoms with E-state index in [0.717, 1.165) is 11.0 Å². The summed E-state index contributed by atoms with van der Waals surface area (Å²) >= 11 is 3.53. The van der Waals surface area contributed by atoms with Crippen molar-refractivity contribution in [2.24, 2.45) is 7.05 Å². The average Bonchev–Trinajstić information content (AvgIpc) is 2.67. The van der Waals surface area contributed by atoms with Gasteiger partial charge in [-0.2, -0.15) is 0 Å². The van der Waals surface area contributed by atoms with Crippen molar-refractivity contribution < 1.29 is 0 Å². The van der Waals surface area contributed by atoms with Gasteiger partial charge in [-0.25, -0.2) is 0 Å². The predicted molar refractivity (Wildman–Crippen MR) is 71.6 cm³/mol. The highest BCUT2D eigenvalue weighted by molar-refractivity contribution is 9.10. The number of anilines is 1. The van der Waals surface area contributed by atoms with Gasteiger partial charge in [0.2, 0.25) is 0 Å². The Hall–Kier alpha value is -1.22. The highest BCUT2D eigenvalue weighted by Crippen LogP contribution is 2.23. The number of nitrogens with one attached hydrogen (secondary N) is 1. The Kier molecular flexibility index (Phi) is 3.34. The summed E-state index contributed by atoms with van der Waals surface area (Å²) < 4.78 is 3.27. The van der Waals surface area contributed by atoms with E-state index in [1.54, 1.807) is 0 Å². The van der Waals surface area contributed by atoms with E-state index in [4.69, 9.17) is 0 Å². The van der Waals surface area contributed by atoms with Gasteiger partial charge in [0, 0.05) is 29.1 Å². The Morgan fingerprint density at radius 2 is 2.06 bits per heavy atom. The molecule has 16 heavy (non-hydrogen) atoms. The van der Waals surface area contributed by atoms with Gasteiger partial charge >= 0.3 is 0 Å². The molecule has 0 amide bonds. The minimum absolute atomic E-state index is 0.848. The number of rotatable bonds is 3. The first kappa shape index (κ1) is 11.3. The molecular formula is C13H15BrN2. The van der Waals surface area contributed by atoms with Gasteiger partial charge < -0.3 is 9.88 Å². The molecule has 0 aliphatic rings. The molecule has 0 saturated carbocycles. The number of benzene rings is 1. The first-order valence-electron chi connectivity index (χ1n) is 5.27. The molecule has 3 heteroatoms. The molecule has 0 saturated heterocycles.